The Bertz CT molecular complexity index is 761. The van der Waals surface area contributed by atoms with Crippen LogP contribution in [0.5, 0.6) is 0 Å². The summed E-state index contributed by atoms with van der Waals surface area (Å²) in [6, 6.07) is 9.16. The van der Waals surface area contributed by atoms with E-state index in [1.54, 1.807) is 0 Å². The van der Waals surface area contributed by atoms with Crippen LogP contribution in [0.1, 0.15) is 43.7 Å². The van der Waals surface area contributed by atoms with Gasteiger partial charge in [0.15, 0.2) is 0 Å². The van der Waals surface area contributed by atoms with Gasteiger partial charge >= 0.3 is 0 Å². The lowest BCUT2D eigenvalue weighted by atomic mass is 9.89. The van der Waals surface area contributed by atoms with Crippen LogP contribution in [0.2, 0.25) is 0 Å². The van der Waals surface area contributed by atoms with Crippen molar-refractivity contribution in [3.63, 3.8) is 0 Å². The Morgan fingerprint density at radius 3 is 2.54 bits per heavy atom. The van der Waals surface area contributed by atoms with Crippen LogP contribution in [-0.4, -0.2) is 47.2 Å². The second-order valence-electron chi connectivity index (χ2n) is 8.13. The maximum absolute atomic E-state index is 9.87. The first-order valence-electron chi connectivity index (χ1n) is 10.2. The number of hydrogen-bond acceptors (Lipinski definition) is 4. The standard InChI is InChI=1S/C22H31N3O/c1-16-5-6-19-14-20(15-26)22(23-21(19)13-16)25-11-7-18(8-12-25)17(2)24-9-3-4-10-24/h5-6,13-14,17-18,26H,3-4,7-12,15H2,1-2H3/t17-/m1/s1. The molecule has 4 nitrogen and oxygen atoms in total. The largest absolute Gasteiger partial charge is 0.392 e. The number of nitrogens with zero attached hydrogens (tertiary/aromatic N) is 3. The Morgan fingerprint density at radius 2 is 1.85 bits per heavy atom. The highest BCUT2D eigenvalue weighted by Crippen LogP contribution is 2.31. The van der Waals surface area contributed by atoms with E-state index in [0.29, 0.717) is 6.04 Å². The Balaban J connectivity index is 1.51. The molecule has 2 aliphatic heterocycles. The van der Waals surface area contributed by atoms with Crippen molar-refractivity contribution in [2.45, 2.75) is 52.2 Å². The van der Waals surface area contributed by atoms with Crippen molar-refractivity contribution in [2.24, 2.45) is 5.92 Å². The van der Waals surface area contributed by atoms with Gasteiger partial charge in [-0.25, -0.2) is 4.98 Å². The summed E-state index contributed by atoms with van der Waals surface area (Å²) in [4.78, 5) is 10.00. The third-order valence-electron chi connectivity index (χ3n) is 6.44. The number of pyridine rings is 1. The molecular formula is C22H31N3O. The molecule has 2 aliphatic rings. The van der Waals surface area contributed by atoms with Crippen LogP contribution < -0.4 is 4.90 Å². The number of aromatic nitrogens is 1. The van der Waals surface area contributed by atoms with E-state index in [9.17, 15) is 5.11 Å². The van der Waals surface area contributed by atoms with Crippen molar-refractivity contribution in [2.75, 3.05) is 31.1 Å². The second kappa shape index (κ2) is 7.53. The predicted octanol–water partition coefficient (Wildman–Crippen LogP) is 3.74. The van der Waals surface area contributed by atoms with Crippen LogP contribution in [0.15, 0.2) is 24.3 Å². The first kappa shape index (κ1) is 17.7. The lowest BCUT2D eigenvalue weighted by Gasteiger charge is -2.39. The van der Waals surface area contributed by atoms with Crippen molar-refractivity contribution in [1.82, 2.24) is 9.88 Å². The van der Waals surface area contributed by atoms with Crippen LogP contribution in [0.4, 0.5) is 5.82 Å². The van der Waals surface area contributed by atoms with Crippen LogP contribution in [-0.2, 0) is 6.61 Å². The highest BCUT2D eigenvalue weighted by Gasteiger charge is 2.30. The summed E-state index contributed by atoms with van der Waals surface area (Å²) in [5, 5.41) is 11.0. The van der Waals surface area contributed by atoms with Gasteiger partial charge in [0.1, 0.15) is 5.82 Å². The highest BCUT2D eigenvalue weighted by atomic mass is 16.3. The second-order valence-corrected chi connectivity index (χ2v) is 8.13. The van der Waals surface area contributed by atoms with E-state index in [1.807, 2.05) is 0 Å². The number of aryl methyl sites for hydroxylation is 1. The van der Waals surface area contributed by atoms with E-state index in [-0.39, 0.29) is 6.61 Å². The first-order valence-corrected chi connectivity index (χ1v) is 10.2. The normalized spacial score (nSPS) is 20.8. The number of anilines is 1. The molecule has 0 saturated carbocycles. The molecule has 4 rings (SSSR count). The van der Waals surface area contributed by atoms with E-state index in [1.165, 1.54) is 44.3 Å². The molecular weight excluding hydrogens is 322 g/mol. The van der Waals surface area contributed by atoms with Crippen molar-refractivity contribution in [3.8, 4) is 0 Å². The molecule has 1 aromatic carbocycles. The zero-order chi connectivity index (χ0) is 18.1. The summed E-state index contributed by atoms with van der Waals surface area (Å²) in [5.41, 5.74) is 3.21. The summed E-state index contributed by atoms with van der Waals surface area (Å²) in [7, 11) is 0. The SMILES string of the molecule is Cc1ccc2cc(CO)c(N3CCC([C@@H](C)N4CCCC4)CC3)nc2c1. The van der Waals surface area contributed by atoms with Gasteiger partial charge in [0, 0.05) is 30.1 Å². The van der Waals surface area contributed by atoms with Crippen LogP contribution in [0.25, 0.3) is 10.9 Å². The number of fused-ring (bicyclic) bond motifs is 1. The van der Waals surface area contributed by atoms with Crippen molar-refractivity contribution >= 4 is 16.7 Å². The molecule has 2 aromatic rings. The lowest BCUT2D eigenvalue weighted by molar-refractivity contribution is 0.167. The Kier molecular flexibility index (Phi) is 5.14. The van der Waals surface area contributed by atoms with Crippen molar-refractivity contribution < 1.29 is 5.11 Å². The minimum Gasteiger partial charge on any atom is -0.392 e. The number of aliphatic hydroxyl groups excluding tert-OH is 1. The minimum atomic E-state index is 0.0518. The molecule has 1 atom stereocenters. The number of aliphatic hydroxyl groups is 1. The molecule has 1 N–H and O–H groups in total. The topological polar surface area (TPSA) is 39.6 Å². The maximum atomic E-state index is 9.87. The number of piperidine rings is 1. The Morgan fingerprint density at radius 1 is 1.12 bits per heavy atom. The van der Waals surface area contributed by atoms with E-state index >= 15 is 0 Å². The van der Waals surface area contributed by atoms with Gasteiger partial charge in [0.05, 0.1) is 12.1 Å². The molecule has 4 heteroatoms. The third-order valence-corrected chi connectivity index (χ3v) is 6.44. The lowest BCUT2D eigenvalue weighted by Crippen LogP contribution is -2.43. The molecule has 1 aromatic heterocycles. The number of benzene rings is 1. The molecule has 140 valence electrons. The molecule has 2 saturated heterocycles. The fraction of sp³-hybridized carbons (Fsp3) is 0.591. The molecule has 0 unspecified atom stereocenters. The zero-order valence-corrected chi connectivity index (χ0v) is 16.1. The monoisotopic (exact) mass is 353 g/mol. The molecule has 0 aliphatic carbocycles. The summed E-state index contributed by atoms with van der Waals surface area (Å²) in [6.45, 7) is 9.22. The summed E-state index contributed by atoms with van der Waals surface area (Å²) < 4.78 is 0. The third kappa shape index (κ3) is 3.45. The molecule has 0 amide bonds. The Hall–Kier alpha value is -1.65. The number of rotatable bonds is 4. The fourth-order valence-electron chi connectivity index (χ4n) is 4.74. The maximum Gasteiger partial charge on any atom is 0.134 e. The predicted molar refractivity (Wildman–Crippen MR) is 108 cm³/mol. The fourth-order valence-corrected chi connectivity index (χ4v) is 4.74. The molecule has 0 bridgehead atoms. The van der Waals surface area contributed by atoms with E-state index in [2.05, 4.69) is 47.9 Å². The van der Waals surface area contributed by atoms with Crippen molar-refractivity contribution in [1.29, 1.82) is 0 Å². The molecule has 3 heterocycles. The smallest absolute Gasteiger partial charge is 0.134 e. The minimum absolute atomic E-state index is 0.0518. The van der Waals surface area contributed by atoms with Gasteiger partial charge in [-0.3, -0.25) is 0 Å². The van der Waals surface area contributed by atoms with Gasteiger partial charge in [-0.05, 0) is 76.2 Å². The van der Waals surface area contributed by atoms with Gasteiger partial charge in [-0.15, -0.1) is 0 Å². The molecule has 2 fully saturated rings. The van der Waals surface area contributed by atoms with Gasteiger partial charge in [0.25, 0.3) is 0 Å². The number of hydrogen-bond donors (Lipinski definition) is 1. The van der Waals surface area contributed by atoms with E-state index < -0.39 is 0 Å². The van der Waals surface area contributed by atoms with Gasteiger partial charge < -0.3 is 14.9 Å². The average Bonchev–Trinajstić information content (AvgIpc) is 3.21. The van der Waals surface area contributed by atoms with Crippen molar-refractivity contribution in [3.05, 3.63) is 35.4 Å². The Labute approximate surface area is 156 Å². The van der Waals surface area contributed by atoms with Gasteiger partial charge in [0.2, 0.25) is 0 Å². The van der Waals surface area contributed by atoms with Crippen LogP contribution in [0, 0.1) is 12.8 Å². The van der Waals surface area contributed by atoms with Crippen LogP contribution in [0.3, 0.4) is 0 Å². The zero-order valence-electron chi connectivity index (χ0n) is 16.1. The highest BCUT2D eigenvalue weighted by molar-refractivity contribution is 5.82. The average molecular weight is 354 g/mol. The molecule has 0 spiro atoms. The first-order chi connectivity index (χ1) is 12.7. The molecule has 0 radical (unpaired) electrons. The summed E-state index contributed by atoms with van der Waals surface area (Å²) in [5.74, 6) is 1.77. The summed E-state index contributed by atoms with van der Waals surface area (Å²) in [6.07, 6.45) is 5.17. The molecule has 26 heavy (non-hydrogen) atoms. The van der Waals surface area contributed by atoms with Gasteiger partial charge in [-0.2, -0.15) is 0 Å². The van der Waals surface area contributed by atoms with Crippen LogP contribution >= 0.6 is 0 Å². The quantitative estimate of drug-likeness (QED) is 0.909. The van der Waals surface area contributed by atoms with Gasteiger partial charge in [-0.1, -0.05) is 12.1 Å². The summed E-state index contributed by atoms with van der Waals surface area (Å²) >= 11 is 0. The van der Waals surface area contributed by atoms with E-state index in [4.69, 9.17) is 4.98 Å². The van der Waals surface area contributed by atoms with E-state index in [0.717, 1.165) is 41.3 Å². The number of likely N-dealkylation sites (tertiary alicyclic amines) is 1.